The number of aliphatic carboxylic acids is 1. The maximum Gasteiger partial charge on any atom is 0.335 e. The Morgan fingerprint density at radius 3 is 2.11 bits per heavy atom. The largest absolute Gasteiger partial charge is 0.479 e. The van der Waals surface area contributed by atoms with E-state index in [1.165, 1.54) is 6.92 Å². The third kappa shape index (κ3) is 19.9. The number of amides is 2. The van der Waals surface area contributed by atoms with E-state index >= 15 is 0 Å². The van der Waals surface area contributed by atoms with Gasteiger partial charge in [0.25, 0.3) is 0 Å². The van der Waals surface area contributed by atoms with Crippen LogP contribution in [0, 0.1) is 17.8 Å². The number of allylic oxidation sites excluding steroid dienone is 13. The van der Waals surface area contributed by atoms with Crippen molar-refractivity contribution in [2.45, 2.75) is 136 Å². The molecule has 348 valence electrons. The molecule has 0 aromatic heterocycles. The number of ketones is 2. The second-order valence-electron chi connectivity index (χ2n) is 16.4. The number of Topliss-reactive ketones (excluding diaryl/α,β-unsaturated/α-hetero) is 2. The number of aliphatic hydroxyl groups is 3. The van der Waals surface area contributed by atoms with Crippen LogP contribution in [-0.2, 0) is 33.4 Å². The summed E-state index contributed by atoms with van der Waals surface area (Å²) >= 11 is 0. The molecule has 0 aromatic carbocycles. The molecule has 2 fully saturated rings. The molecule has 9 unspecified atom stereocenters. The predicted molar refractivity (Wildman–Crippen MR) is 243 cm³/mol. The van der Waals surface area contributed by atoms with Crippen molar-refractivity contribution in [2.24, 2.45) is 28.5 Å². The van der Waals surface area contributed by atoms with Gasteiger partial charge in [0.2, 0.25) is 11.8 Å². The number of carbonyl (C=O) groups is 5. The summed E-state index contributed by atoms with van der Waals surface area (Å²) in [5.41, 5.74) is 6.97. The van der Waals surface area contributed by atoms with Gasteiger partial charge >= 0.3 is 5.97 Å². The molecule has 1 saturated heterocycles. The zero-order chi connectivity index (χ0) is 47.1. The van der Waals surface area contributed by atoms with Crippen molar-refractivity contribution < 1.29 is 53.9 Å². The fraction of sp³-hybridized carbons (Fsp3) is 0.542. The SMILES string of the molecule is CC(=O)N=C(N)N(C)CCCC=CCC(C)C=CCCCC(C)C=C(C)C(OC1OC(C(=O)O)C(O)C(O)C1O)C(C)/C=C/C=C/C=C/C=CC=C(C)C(=O)NC1C(=O)CCC1=O. The Labute approximate surface area is 372 Å². The molecule has 2 rings (SSSR count). The van der Waals surface area contributed by atoms with Crippen LogP contribution in [0.15, 0.2) is 101 Å². The van der Waals surface area contributed by atoms with Gasteiger partial charge in [0, 0.05) is 44.8 Å². The van der Waals surface area contributed by atoms with Crippen LogP contribution in [0.25, 0.3) is 0 Å². The lowest BCUT2D eigenvalue weighted by Gasteiger charge is -2.40. The zero-order valence-electron chi connectivity index (χ0n) is 37.8. The summed E-state index contributed by atoms with van der Waals surface area (Å²) in [5, 5.41) is 43.4. The van der Waals surface area contributed by atoms with Crippen molar-refractivity contribution >= 4 is 35.3 Å². The fourth-order valence-electron chi connectivity index (χ4n) is 6.84. The third-order valence-corrected chi connectivity index (χ3v) is 10.6. The number of guanidine groups is 1. The third-order valence-electron chi connectivity index (χ3n) is 10.6. The van der Waals surface area contributed by atoms with Crippen molar-refractivity contribution in [2.75, 3.05) is 13.6 Å². The van der Waals surface area contributed by atoms with Crippen LogP contribution in [0.5, 0.6) is 0 Å². The Kier molecular flexibility index (Phi) is 24.5. The molecule has 63 heavy (non-hydrogen) atoms. The van der Waals surface area contributed by atoms with Crippen molar-refractivity contribution in [3.05, 3.63) is 96.2 Å². The van der Waals surface area contributed by atoms with Crippen molar-refractivity contribution in [3.63, 3.8) is 0 Å². The van der Waals surface area contributed by atoms with Crippen molar-refractivity contribution in [3.8, 4) is 0 Å². The van der Waals surface area contributed by atoms with E-state index in [2.05, 4.69) is 54.5 Å². The minimum absolute atomic E-state index is 0.149. The number of hydrogen-bond donors (Lipinski definition) is 6. The van der Waals surface area contributed by atoms with Crippen LogP contribution >= 0.6 is 0 Å². The number of unbranched alkanes of at least 4 members (excludes halogenated alkanes) is 2. The Hall–Kier alpha value is -5.06. The lowest BCUT2D eigenvalue weighted by molar-refractivity contribution is -0.303. The summed E-state index contributed by atoms with van der Waals surface area (Å²) in [4.78, 5) is 64.3. The molecule has 2 aliphatic rings. The number of carboxylic acid groups (broad SMARTS) is 1. The summed E-state index contributed by atoms with van der Waals surface area (Å²) < 4.78 is 11.7. The number of ether oxygens (including phenoxy) is 2. The summed E-state index contributed by atoms with van der Waals surface area (Å²) in [6, 6.07) is -1.06. The molecule has 0 bridgehead atoms. The van der Waals surface area contributed by atoms with Gasteiger partial charge in [-0.25, -0.2) is 4.79 Å². The van der Waals surface area contributed by atoms with E-state index in [0.29, 0.717) is 18.0 Å². The molecule has 1 saturated carbocycles. The maximum atomic E-state index is 12.3. The van der Waals surface area contributed by atoms with Gasteiger partial charge in [-0.2, -0.15) is 4.99 Å². The van der Waals surface area contributed by atoms with E-state index in [4.69, 9.17) is 15.2 Å². The molecule has 9 atom stereocenters. The minimum Gasteiger partial charge on any atom is -0.479 e. The highest BCUT2D eigenvalue weighted by Gasteiger charge is 2.48. The average molecular weight is 879 g/mol. The van der Waals surface area contributed by atoms with Crippen LogP contribution in [0.3, 0.4) is 0 Å². The van der Waals surface area contributed by atoms with Crippen LogP contribution in [-0.4, -0.2) is 117 Å². The number of carbonyl (C=O) groups excluding carboxylic acids is 4. The molecule has 1 aliphatic heterocycles. The number of aliphatic imine (C=N–C) groups is 1. The summed E-state index contributed by atoms with van der Waals surface area (Å²) in [6.45, 7) is 11.7. The lowest BCUT2D eigenvalue weighted by Crippen LogP contribution is -2.61. The number of nitrogens with one attached hydrogen (secondary N) is 1. The summed E-state index contributed by atoms with van der Waals surface area (Å²) in [6.07, 6.45) is 23.1. The van der Waals surface area contributed by atoms with Crippen molar-refractivity contribution in [1.82, 2.24) is 10.2 Å². The molecule has 0 spiro atoms. The smallest absolute Gasteiger partial charge is 0.335 e. The Bertz CT molecular complexity index is 1790. The first-order chi connectivity index (χ1) is 29.8. The van der Waals surface area contributed by atoms with Gasteiger partial charge in [-0.1, -0.05) is 106 Å². The molecule has 15 heteroatoms. The molecule has 1 heterocycles. The highest BCUT2D eigenvalue weighted by atomic mass is 16.7. The molecular formula is C48H70N4O11. The molecule has 15 nitrogen and oxygen atoms in total. The standard InChI is InChI=1S/C48H70N4O11/c1-31(22-16-13-14-21-29-52(7)48(49)50-36(6)53)23-17-15-18-24-32(2)30-35(5)43(62-47-42(58)40(56)41(57)44(63-47)46(60)61)33(3)25-19-11-9-8-10-12-20-26-34(4)45(59)51-39-37(54)27-28-38(39)55/h8-13,16-17,19-20,23,25-26,30-33,39-44,47,56-58H,14-15,18,21-22,24,27-29H2,1-7H3,(H,51,59)(H,60,61)(H2,49,50,53)/b10-8+,11-9+,16-13?,20-12?,23-17?,25-19+,34-26?,35-30?. The normalized spacial score (nSPS) is 24.2. The first-order valence-electron chi connectivity index (χ1n) is 21.7. The highest BCUT2D eigenvalue weighted by Crippen LogP contribution is 2.29. The molecule has 1 aliphatic carbocycles. The van der Waals surface area contributed by atoms with E-state index in [9.17, 15) is 44.4 Å². The number of nitrogens with two attached hydrogens (primary N) is 1. The summed E-state index contributed by atoms with van der Waals surface area (Å²) in [5.74, 6) is -2.37. The first kappa shape index (κ1) is 54.1. The lowest BCUT2D eigenvalue weighted by atomic mass is 9.92. The zero-order valence-corrected chi connectivity index (χ0v) is 37.8. The highest BCUT2D eigenvalue weighted by molar-refractivity contribution is 6.15. The Balaban J connectivity index is 1.98. The van der Waals surface area contributed by atoms with Gasteiger partial charge in [-0.3, -0.25) is 19.2 Å². The number of carboxylic acids is 1. The van der Waals surface area contributed by atoms with Gasteiger partial charge in [-0.05, 0) is 69.8 Å². The monoisotopic (exact) mass is 879 g/mol. The second-order valence-corrected chi connectivity index (χ2v) is 16.4. The molecule has 2 amide bonds. The van der Waals surface area contributed by atoms with E-state index in [0.717, 1.165) is 44.1 Å². The second kappa shape index (κ2) is 28.6. The van der Waals surface area contributed by atoms with Crippen molar-refractivity contribution in [1.29, 1.82) is 0 Å². The molecule has 0 radical (unpaired) electrons. The minimum atomic E-state index is -1.84. The molecular weight excluding hydrogens is 809 g/mol. The van der Waals surface area contributed by atoms with Crippen LogP contribution in [0.4, 0.5) is 0 Å². The maximum absolute atomic E-state index is 12.3. The van der Waals surface area contributed by atoms with Gasteiger partial charge in [-0.15, -0.1) is 0 Å². The number of rotatable bonds is 24. The van der Waals surface area contributed by atoms with Gasteiger partial charge < -0.3 is 45.9 Å². The predicted octanol–water partition coefficient (Wildman–Crippen LogP) is 4.95. The van der Waals surface area contributed by atoms with E-state index in [1.807, 2.05) is 33.0 Å². The van der Waals surface area contributed by atoms with E-state index < -0.39 is 54.7 Å². The first-order valence-corrected chi connectivity index (χ1v) is 21.7. The van der Waals surface area contributed by atoms with Gasteiger partial charge in [0.15, 0.2) is 29.9 Å². The Morgan fingerprint density at radius 1 is 0.857 bits per heavy atom. The van der Waals surface area contributed by atoms with Gasteiger partial charge in [0.1, 0.15) is 24.4 Å². The Morgan fingerprint density at radius 2 is 1.48 bits per heavy atom. The molecule has 0 aromatic rings. The van der Waals surface area contributed by atoms with Crippen LogP contribution in [0.2, 0.25) is 0 Å². The average Bonchev–Trinajstić information content (AvgIpc) is 3.54. The van der Waals surface area contributed by atoms with E-state index in [-0.39, 0.29) is 48.1 Å². The quantitative estimate of drug-likeness (QED) is 0.0143. The summed E-state index contributed by atoms with van der Waals surface area (Å²) in [7, 11) is 1.81. The van der Waals surface area contributed by atoms with Crippen LogP contribution < -0.4 is 11.1 Å². The fourth-order valence-corrected chi connectivity index (χ4v) is 6.84. The molecule has 7 N–H and O–H groups in total. The number of aliphatic hydroxyl groups excluding tert-OH is 3. The van der Waals surface area contributed by atoms with E-state index in [1.54, 1.807) is 54.4 Å². The number of hydrogen-bond acceptors (Lipinski definition) is 10. The van der Waals surface area contributed by atoms with Gasteiger partial charge in [0.05, 0.1) is 6.10 Å². The topological polar surface area (TPSA) is 238 Å². The number of nitrogens with zero attached hydrogens (tertiary/aromatic N) is 2. The van der Waals surface area contributed by atoms with Crippen LogP contribution in [0.1, 0.15) is 92.9 Å².